The Hall–Kier alpha value is -3.89. The number of nitrogens with one attached hydrogen (secondary N) is 2. The second-order valence-electron chi connectivity index (χ2n) is 8.83. The van der Waals surface area contributed by atoms with Crippen LogP contribution < -0.4 is 10.6 Å². The minimum absolute atomic E-state index is 0.0213. The highest BCUT2D eigenvalue weighted by atomic mass is 32.1. The van der Waals surface area contributed by atoms with Gasteiger partial charge >= 0.3 is 0 Å². The molecular weight excluding hydrogens is 474 g/mol. The molecule has 0 radical (unpaired) electrons. The number of benzene rings is 2. The minimum Gasteiger partial charge on any atom is -0.337 e. The van der Waals surface area contributed by atoms with Gasteiger partial charge in [0.05, 0.1) is 28.5 Å². The summed E-state index contributed by atoms with van der Waals surface area (Å²) >= 11 is 1.19. The number of rotatable bonds is 5. The number of carbonyl (C=O) groups is 2. The third-order valence-electron chi connectivity index (χ3n) is 6.15. The number of para-hydroxylation sites is 2. The molecule has 3 heterocycles. The van der Waals surface area contributed by atoms with E-state index >= 15 is 0 Å². The van der Waals surface area contributed by atoms with E-state index in [1.807, 2.05) is 29.2 Å². The average molecular weight is 502 g/mol. The van der Waals surface area contributed by atoms with Crippen LogP contribution in [0.1, 0.15) is 32.8 Å². The fraction of sp³-hybridized carbons (Fsp3) is 0.269. The number of aromatic nitrogens is 3. The van der Waals surface area contributed by atoms with E-state index in [0.717, 1.165) is 37.1 Å². The van der Waals surface area contributed by atoms with Crippen molar-refractivity contribution in [2.24, 2.45) is 0 Å². The van der Waals surface area contributed by atoms with Gasteiger partial charge in [-0.25, -0.2) is 4.98 Å². The molecule has 36 heavy (non-hydrogen) atoms. The van der Waals surface area contributed by atoms with Crippen LogP contribution in [0.25, 0.3) is 11.0 Å². The zero-order chi connectivity index (χ0) is 25.1. The second-order valence-corrected chi connectivity index (χ2v) is 9.60. The number of likely N-dealkylation sites (N-methyl/N-ethyl adjacent to an activating group) is 1. The topological polar surface area (TPSA) is 103 Å². The first-order chi connectivity index (χ1) is 17.5. The van der Waals surface area contributed by atoms with Crippen LogP contribution in [-0.2, 0) is 0 Å². The lowest BCUT2D eigenvalue weighted by Crippen LogP contribution is -2.34. The third kappa shape index (κ3) is 5.19. The fourth-order valence-electron chi connectivity index (χ4n) is 4.21. The summed E-state index contributed by atoms with van der Waals surface area (Å²) in [6.45, 7) is 5.04. The third-order valence-corrected chi connectivity index (χ3v) is 7.01. The number of anilines is 3. The van der Waals surface area contributed by atoms with Crippen molar-refractivity contribution >= 4 is 50.9 Å². The molecule has 184 valence electrons. The lowest BCUT2D eigenvalue weighted by Gasteiger charge is -2.21. The van der Waals surface area contributed by atoms with Crippen molar-refractivity contribution < 1.29 is 9.59 Å². The van der Waals surface area contributed by atoms with Gasteiger partial charge in [0.1, 0.15) is 10.8 Å². The fourth-order valence-corrected chi connectivity index (χ4v) is 5.01. The van der Waals surface area contributed by atoms with Crippen molar-refractivity contribution in [3.63, 3.8) is 0 Å². The zero-order valence-corrected chi connectivity index (χ0v) is 21.0. The van der Waals surface area contributed by atoms with Gasteiger partial charge in [-0.05, 0) is 68.8 Å². The molecule has 0 aliphatic carbocycles. The molecule has 1 aliphatic rings. The van der Waals surface area contributed by atoms with E-state index < -0.39 is 0 Å². The van der Waals surface area contributed by atoms with Gasteiger partial charge in [-0.3, -0.25) is 14.6 Å². The summed E-state index contributed by atoms with van der Waals surface area (Å²) < 4.78 is 4.37. The van der Waals surface area contributed by atoms with Crippen LogP contribution in [0.5, 0.6) is 0 Å². The Morgan fingerprint density at radius 2 is 1.83 bits per heavy atom. The summed E-state index contributed by atoms with van der Waals surface area (Å²) in [5.74, 6) is 0.201. The molecule has 1 fully saturated rings. The van der Waals surface area contributed by atoms with Crippen LogP contribution in [0, 0.1) is 6.92 Å². The Bertz CT molecular complexity index is 1420. The monoisotopic (exact) mass is 501 g/mol. The highest BCUT2D eigenvalue weighted by Gasteiger charge is 2.22. The normalized spacial score (nSPS) is 14.4. The maximum atomic E-state index is 13.3. The molecule has 1 aliphatic heterocycles. The summed E-state index contributed by atoms with van der Waals surface area (Å²) in [6, 6.07) is 14.7. The van der Waals surface area contributed by atoms with Gasteiger partial charge in [-0.2, -0.15) is 4.37 Å². The van der Waals surface area contributed by atoms with Crippen LogP contribution in [0.4, 0.5) is 16.5 Å². The molecule has 10 heteroatoms. The molecule has 0 bridgehead atoms. The van der Waals surface area contributed by atoms with Crippen molar-refractivity contribution in [3.05, 3.63) is 71.5 Å². The quantitative estimate of drug-likeness (QED) is 0.423. The van der Waals surface area contributed by atoms with E-state index in [1.165, 1.54) is 11.5 Å². The summed E-state index contributed by atoms with van der Waals surface area (Å²) in [7, 11) is 2.07. The minimum atomic E-state index is -0.307. The molecule has 2 amide bonds. The van der Waals surface area contributed by atoms with Gasteiger partial charge in [0.25, 0.3) is 11.8 Å². The molecule has 2 aromatic heterocycles. The van der Waals surface area contributed by atoms with E-state index in [4.69, 9.17) is 0 Å². The van der Waals surface area contributed by atoms with Crippen molar-refractivity contribution in [1.29, 1.82) is 0 Å². The van der Waals surface area contributed by atoms with Crippen LogP contribution in [0.3, 0.4) is 0 Å². The molecule has 2 N–H and O–H groups in total. The maximum Gasteiger partial charge on any atom is 0.260 e. The molecule has 1 saturated heterocycles. The molecule has 0 atom stereocenters. The van der Waals surface area contributed by atoms with Crippen molar-refractivity contribution in [3.8, 4) is 0 Å². The van der Waals surface area contributed by atoms with Crippen molar-refractivity contribution in [2.75, 3.05) is 43.9 Å². The second kappa shape index (κ2) is 10.4. The zero-order valence-electron chi connectivity index (χ0n) is 20.2. The molecule has 0 unspecified atom stereocenters. The van der Waals surface area contributed by atoms with Crippen LogP contribution in [0.2, 0.25) is 0 Å². The average Bonchev–Trinajstić information content (AvgIpc) is 3.10. The number of fused-ring (bicyclic) bond motifs is 1. The van der Waals surface area contributed by atoms with E-state index in [2.05, 4.69) is 36.9 Å². The number of hydrogen-bond acceptors (Lipinski definition) is 8. The van der Waals surface area contributed by atoms with Gasteiger partial charge in [0, 0.05) is 30.9 Å². The Balaban J connectivity index is 1.32. The number of hydrogen-bond donors (Lipinski definition) is 2. The first-order valence-electron chi connectivity index (χ1n) is 11.8. The number of nitrogens with zero attached hydrogens (tertiary/aromatic N) is 5. The van der Waals surface area contributed by atoms with Gasteiger partial charge in [-0.15, -0.1) is 0 Å². The number of amides is 2. The van der Waals surface area contributed by atoms with Gasteiger partial charge < -0.3 is 20.4 Å². The van der Waals surface area contributed by atoms with Crippen molar-refractivity contribution in [1.82, 2.24) is 24.1 Å². The number of carbonyl (C=O) groups excluding carboxylic acids is 2. The molecule has 4 aromatic rings. The standard InChI is InChI=1S/C26H27N7O2S/c1-17-23(25(36-31-17)30-22-16-27-20-9-3-4-10-21(20)29-22)24(34)28-19-8-5-7-18(15-19)26(35)33-12-6-11-32(2)13-14-33/h3-5,7-10,15-16H,6,11-14H2,1-2H3,(H,28,34)(H,29,30). The van der Waals surface area contributed by atoms with E-state index in [0.29, 0.717) is 39.9 Å². The van der Waals surface area contributed by atoms with Crippen LogP contribution in [0.15, 0.2) is 54.7 Å². The molecule has 5 rings (SSSR count). The van der Waals surface area contributed by atoms with Gasteiger partial charge in [-0.1, -0.05) is 18.2 Å². The van der Waals surface area contributed by atoms with E-state index in [-0.39, 0.29) is 11.8 Å². The van der Waals surface area contributed by atoms with Crippen molar-refractivity contribution in [2.45, 2.75) is 13.3 Å². The summed E-state index contributed by atoms with van der Waals surface area (Å²) in [4.78, 5) is 39.5. The predicted molar refractivity (Wildman–Crippen MR) is 142 cm³/mol. The SMILES string of the molecule is Cc1nsc(Nc2cnc3ccccc3n2)c1C(=O)Nc1cccc(C(=O)N2CCCN(C)CC2)c1. The van der Waals surface area contributed by atoms with E-state index in [9.17, 15) is 9.59 Å². The maximum absolute atomic E-state index is 13.3. The van der Waals surface area contributed by atoms with Gasteiger partial charge in [0.15, 0.2) is 0 Å². The Morgan fingerprint density at radius 1 is 1.00 bits per heavy atom. The highest BCUT2D eigenvalue weighted by Crippen LogP contribution is 2.29. The Kier molecular flexibility index (Phi) is 6.88. The highest BCUT2D eigenvalue weighted by molar-refractivity contribution is 7.10. The lowest BCUT2D eigenvalue weighted by molar-refractivity contribution is 0.0762. The number of aryl methyl sites for hydroxylation is 1. The molecule has 0 spiro atoms. The lowest BCUT2D eigenvalue weighted by atomic mass is 10.1. The van der Waals surface area contributed by atoms with E-state index in [1.54, 1.807) is 37.4 Å². The summed E-state index contributed by atoms with van der Waals surface area (Å²) in [5.41, 5.74) is 3.70. The summed E-state index contributed by atoms with van der Waals surface area (Å²) in [5, 5.41) is 6.70. The molecule has 2 aromatic carbocycles. The molecular formula is C26H27N7O2S. The first kappa shape index (κ1) is 23.8. The smallest absolute Gasteiger partial charge is 0.260 e. The van der Waals surface area contributed by atoms with Crippen LogP contribution in [-0.4, -0.2) is 69.2 Å². The first-order valence-corrected chi connectivity index (χ1v) is 12.6. The predicted octanol–water partition coefficient (Wildman–Crippen LogP) is 4.17. The summed E-state index contributed by atoms with van der Waals surface area (Å²) in [6.07, 6.45) is 2.58. The molecule has 0 saturated carbocycles. The Morgan fingerprint density at radius 3 is 2.69 bits per heavy atom. The molecule has 9 nitrogen and oxygen atoms in total. The van der Waals surface area contributed by atoms with Gasteiger partial charge in [0.2, 0.25) is 0 Å². The van der Waals surface area contributed by atoms with Crippen LogP contribution >= 0.6 is 11.5 Å². The largest absolute Gasteiger partial charge is 0.337 e. The Labute approximate surface area is 213 Å².